The highest BCUT2D eigenvalue weighted by Crippen LogP contribution is 2.14. The molecule has 0 aliphatic rings. The van der Waals surface area contributed by atoms with Crippen molar-refractivity contribution < 1.29 is 17.9 Å². The van der Waals surface area contributed by atoms with Crippen LogP contribution in [0.5, 0.6) is 0 Å². The molecule has 0 amide bonds. The number of hydrogen-bond donors (Lipinski definition) is 1. The number of carbonyl (C=O) groups is 1. The van der Waals surface area contributed by atoms with Gasteiger partial charge in [-0.2, -0.15) is 0 Å². The van der Waals surface area contributed by atoms with Crippen LogP contribution < -0.4 is 4.72 Å². The van der Waals surface area contributed by atoms with Gasteiger partial charge in [0.2, 0.25) is 10.0 Å². The maximum absolute atomic E-state index is 12.0. The van der Waals surface area contributed by atoms with E-state index in [9.17, 15) is 13.2 Å². The molecule has 0 aliphatic heterocycles. The van der Waals surface area contributed by atoms with E-state index in [0.717, 1.165) is 5.56 Å². The summed E-state index contributed by atoms with van der Waals surface area (Å²) in [4.78, 5) is 12.1. The Morgan fingerprint density at radius 3 is 2.42 bits per heavy atom. The van der Waals surface area contributed by atoms with Crippen LogP contribution in [0.15, 0.2) is 53.4 Å². The molecule has 0 atom stereocenters. The van der Waals surface area contributed by atoms with Crippen LogP contribution in [0.25, 0.3) is 0 Å². The highest BCUT2D eigenvalue weighted by Gasteiger charge is 2.16. The third-order valence-electron chi connectivity index (χ3n) is 3.05. The second-order valence-electron chi connectivity index (χ2n) is 5.51. The third kappa shape index (κ3) is 5.06. The molecule has 0 aromatic heterocycles. The Hall–Kier alpha value is -1.89. The molecule has 0 saturated heterocycles. The molecule has 24 heavy (non-hydrogen) atoms. The van der Waals surface area contributed by atoms with E-state index < -0.39 is 16.0 Å². The molecular formula is C17H18ClNO4S. The zero-order valence-corrected chi connectivity index (χ0v) is 14.9. The normalized spacial score (nSPS) is 11.5. The molecule has 0 aliphatic carbocycles. The van der Waals surface area contributed by atoms with Gasteiger partial charge >= 0.3 is 5.97 Å². The minimum absolute atomic E-state index is 0.0916. The van der Waals surface area contributed by atoms with E-state index in [1.165, 1.54) is 24.3 Å². The number of sulfonamides is 1. The first-order valence-corrected chi connectivity index (χ1v) is 9.18. The van der Waals surface area contributed by atoms with Crippen LogP contribution in [0, 0.1) is 0 Å². The molecule has 0 unspecified atom stereocenters. The predicted molar refractivity (Wildman–Crippen MR) is 92.5 cm³/mol. The molecule has 0 heterocycles. The summed E-state index contributed by atoms with van der Waals surface area (Å²) in [6, 6.07) is 12.4. The first-order valence-electron chi connectivity index (χ1n) is 7.32. The smallest absolute Gasteiger partial charge is 0.338 e. The number of halogens is 1. The Bertz CT molecular complexity index is 817. The fraction of sp³-hybridized carbons (Fsp3) is 0.235. The zero-order valence-electron chi connectivity index (χ0n) is 13.3. The van der Waals surface area contributed by atoms with Crippen molar-refractivity contribution in [3.05, 3.63) is 64.7 Å². The first-order chi connectivity index (χ1) is 11.3. The van der Waals surface area contributed by atoms with Gasteiger partial charge in [-0.1, -0.05) is 23.7 Å². The molecule has 2 aromatic rings. The molecule has 0 radical (unpaired) electrons. The first kappa shape index (κ1) is 18.4. The average molecular weight is 368 g/mol. The standard InChI is InChI=1S/C17H18ClNO4S/c1-12(2)19-24(21,22)16-8-6-14(7-9-16)17(20)23-11-13-4-3-5-15(18)10-13/h3-10,12,19H,11H2,1-2H3. The number of carbonyl (C=O) groups excluding carboxylic acids is 1. The number of benzene rings is 2. The van der Waals surface area contributed by atoms with Crippen molar-refractivity contribution in [3.8, 4) is 0 Å². The number of nitrogens with one attached hydrogen (secondary N) is 1. The topological polar surface area (TPSA) is 72.5 Å². The van der Waals surface area contributed by atoms with Crippen LogP contribution >= 0.6 is 11.6 Å². The summed E-state index contributed by atoms with van der Waals surface area (Å²) in [5.74, 6) is -0.532. The van der Waals surface area contributed by atoms with Crippen molar-refractivity contribution in [1.82, 2.24) is 4.72 Å². The highest BCUT2D eigenvalue weighted by atomic mass is 35.5. The summed E-state index contributed by atoms with van der Waals surface area (Å²) in [7, 11) is -3.58. The largest absolute Gasteiger partial charge is 0.457 e. The van der Waals surface area contributed by atoms with Gasteiger partial charge in [0.15, 0.2) is 0 Å². The lowest BCUT2D eigenvalue weighted by atomic mass is 10.2. The van der Waals surface area contributed by atoms with Gasteiger partial charge in [0, 0.05) is 11.1 Å². The molecule has 2 rings (SSSR count). The van der Waals surface area contributed by atoms with Crippen LogP contribution in [0.1, 0.15) is 29.8 Å². The molecule has 2 aromatic carbocycles. The predicted octanol–water partition coefficient (Wildman–Crippen LogP) is 3.38. The quantitative estimate of drug-likeness (QED) is 0.794. The summed E-state index contributed by atoms with van der Waals surface area (Å²) in [6.07, 6.45) is 0. The van der Waals surface area contributed by atoms with Crippen LogP contribution in [-0.4, -0.2) is 20.4 Å². The summed E-state index contributed by atoms with van der Waals surface area (Å²) < 4.78 is 31.7. The van der Waals surface area contributed by atoms with Crippen LogP contribution in [0.3, 0.4) is 0 Å². The number of hydrogen-bond acceptors (Lipinski definition) is 4. The monoisotopic (exact) mass is 367 g/mol. The van der Waals surface area contributed by atoms with Crippen molar-refractivity contribution in [2.75, 3.05) is 0 Å². The molecular weight excluding hydrogens is 350 g/mol. The molecule has 0 spiro atoms. The Morgan fingerprint density at radius 1 is 1.17 bits per heavy atom. The molecule has 0 bridgehead atoms. The Kier molecular flexibility index (Phi) is 5.99. The molecule has 5 nitrogen and oxygen atoms in total. The second kappa shape index (κ2) is 7.79. The summed E-state index contributed by atoms with van der Waals surface area (Å²) in [5, 5.41) is 0.566. The highest BCUT2D eigenvalue weighted by molar-refractivity contribution is 7.89. The molecule has 1 N–H and O–H groups in total. The minimum atomic E-state index is -3.58. The fourth-order valence-corrected chi connectivity index (χ4v) is 3.47. The maximum Gasteiger partial charge on any atom is 0.338 e. The van der Waals surface area contributed by atoms with E-state index in [1.54, 1.807) is 38.1 Å². The number of ether oxygens (including phenoxy) is 1. The Morgan fingerprint density at radius 2 is 1.83 bits per heavy atom. The van der Waals surface area contributed by atoms with Gasteiger partial charge in [0.25, 0.3) is 0 Å². The minimum Gasteiger partial charge on any atom is -0.457 e. The van der Waals surface area contributed by atoms with E-state index in [2.05, 4.69) is 4.72 Å². The summed E-state index contributed by atoms with van der Waals surface area (Å²) >= 11 is 5.87. The van der Waals surface area contributed by atoms with Crippen molar-refractivity contribution in [1.29, 1.82) is 0 Å². The van der Waals surface area contributed by atoms with Crippen molar-refractivity contribution in [3.63, 3.8) is 0 Å². The van der Waals surface area contributed by atoms with Crippen molar-refractivity contribution in [2.45, 2.75) is 31.4 Å². The lowest BCUT2D eigenvalue weighted by Gasteiger charge is -2.10. The van der Waals surface area contributed by atoms with Gasteiger partial charge in [0.05, 0.1) is 10.5 Å². The van der Waals surface area contributed by atoms with Crippen LogP contribution in [-0.2, 0) is 21.4 Å². The Labute approximate surface area is 146 Å². The van der Waals surface area contributed by atoms with Crippen molar-refractivity contribution in [2.24, 2.45) is 0 Å². The van der Waals surface area contributed by atoms with Crippen LogP contribution in [0.4, 0.5) is 0 Å². The van der Waals surface area contributed by atoms with Gasteiger partial charge in [-0.15, -0.1) is 0 Å². The lowest BCUT2D eigenvalue weighted by molar-refractivity contribution is 0.0472. The lowest BCUT2D eigenvalue weighted by Crippen LogP contribution is -2.30. The molecule has 0 fully saturated rings. The second-order valence-corrected chi connectivity index (χ2v) is 7.66. The van der Waals surface area contributed by atoms with E-state index in [4.69, 9.17) is 16.3 Å². The third-order valence-corrected chi connectivity index (χ3v) is 4.96. The van der Waals surface area contributed by atoms with Crippen molar-refractivity contribution >= 4 is 27.6 Å². The Balaban J connectivity index is 2.03. The van der Waals surface area contributed by atoms with Gasteiger partial charge < -0.3 is 4.74 Å². The molecule has 128 valence electrons. The van der Waals surface area contributed by atoms with E-state index in [-0.39, 0.29) is 23.1 Å². The van der Waals surface area contributed by atoms with Gasteiger partial charge in [-0.3, -0.25) is 0 Å². The van der Waals surface area contributed by atoms with E-state index in [1.807, 2.05) is 0 Å². The summed E-state index contributed by atoms with van der Waals surface area (Å²) in [5.41, 5.74) is 1.05. The fourth-order valence-electron chi connectivity index (χ4n) is 2.01. The molecule has 7 heteroatoms. The summed E-state index contributed by atoms with van der Waals surface area (Å²) in [6.45, 7) is 3.56. The number of rotatable bonds is 6. The van der Waals surface area contributed by atoms with Gasteiger partial charge in [-0.25, -0.2) is 17.9 Å². The van der Waals surface area contributed by atoms with E-state index in [0.29, 0.717) is 5.02 Å². The van der Waals surface area contributed by atoms with Crippen LogP contribution in [0.2, 0.25) is 5.02 Å². The van der Waals surface area contributed by atoms with Gasteiger partial charge in [-0.05, 0) is 55.8 Å². The SMILES string of the molecule is CC(C)NS(=O)(=O)c1ccc(C(=O)OCc2cccc(Cl)c2)cc1. The maximum atomic E-state index is 12.0. The average Bonchev–Trinajstić information content (AvgIpc) is 2.51. The zero-order chi connectivity index (χ0) is 17.7. The number of esters is 1. The van der Waals surface area contributed by atoms with Gasteiger partial charge in [0.1, 0.15) is 6.61 Å². The molecule has 0 saturated carbocycles. The van der Waals surface area contributed by atoms with E-state index >= 15 is 0 Å².